The van der Waals surface area contributed by atoms with Gasteiger partial charge in [0, 0.05) is 29.6 Å². The minimum absolute atomic E-state index is 0.501. The average Bonchev–Trinajstić information content (AvgIpc) is 2.63. The third-order valence-corrected chi connectivity index (χ3v) is 5.61. The minimum Gasteiger partial charge on any atom is -0.379 e. The van der Waals surface area contributed by atoms with Gasteiger partial charge in [0.25, 0.3) is 0 Å². The number of morpholine rings is 1. The zero-order chi connectivity index (χ0) is 16.4. The number of rotatable bonds is 3. The standard InChI is InChI=1S/C18H23BrN4O/c19-13-1-6-16-17(11-13)22-18(12-20-16)21-14-2-4-15(5-3-14)23-7-9-24-10-8-23/h1,6,11-12,14-15H,2-5,7-10H2,(H,21,22). The van der Waals surface area contributed by atoms with Crippen LogP contribution in [0.3, 0.4) is 0 Å². The third kappa shape index (κ3) is 3.71. The van der Waals surface area contributed by atoms with Crippen molar-refractivity contribution in [1.29, 1.82) is 0 Å². The lowest BCUT2D eigenvalue weighted by atomic mass is 9.90. The monoisotopic (exact) mass is 390 g/mol. The van der Waals surface area contributed by atoms with E-state index in [0.717, 1.165) is 53.7 Å². The molecule has 1 aliphatic carbocycles. The van der Waals surface area contributed by atoms with Crippen LogP contribution in [0.15, 0.2) is 28.9 Å². The summed E-state index contributed by atoms with van der Waals surface area (Å²) < 4.78 is 6.50. The number of nitrogens with one attached hydrogen (secondary N) is 1. The van der Waals surface area contributed by atoms with Gasteiger partial charge in [0.05, 0.1) is 30.4 Å². The van der Waals surface area contributed by atoms with E-state index >= 15 is 0 Å². The summed E-state index contributed by atoms with van der Waals surface area (Å²) in [6.45, 7) is 3.96. The average molecular weight is 391 g/mol. The minimum atomic E-state index is 0.501. The molecule has 1 saturated carbocycles. The summed E-state index contributed by atoms with van der Waals surface area (Å²) >= 11 is 3.50. The smallest absolute Gasteiger partial charge is 0.145 e. The summed E-state index contributed by atoms with van der Waals surface area (Å²) in [5.41, 5.74) is 1.86. The molecule has 0 amide bonds. The molecule has 1 saturated heterocycles. The molecule has 4 rings (SSSR count). The molecule has 2 fully saturated rings. The second-order valence-corrected chi connectivity index (χ2v) is 7.60. The quantitative estimate of drug-likeness (QED) is 0.869. The summed E-state index contributed by atoms with van der Waals surface area (Å²) in [7, 11) is 0. The first kappa shape index (κ1) is 16.2. The van der Waals surface area contributed by atoms with Gasteiger partial charge >= 0.3 is 0 Å². The molecule has 128 valence electrons. The van der Waals surface area contributed by atoms with E-state index in [2.05, 4.69) is 31.1 Å². The van der Waals surface area contributed by atoms with E-state index in [0.29, 0.717) is 6.04 Å². The highest BCUT2D eigenvalue weighted by Crippen LogP contribution is 2.26. The predicted molar refractivity (Wildman–Crippen MR) is 99.3 cm³/mol. The highest BCUT2D eigenvalue weighted by molar-refractivity contribution is 9.10. The van der Waals surface area contributed by atoms with E-state index in [-0.39, 0.29) is 0 Å². The number of aromatic nitrogens is 2. The van der Waals surface area contributed by atoms with Crippen molar-refractivity contribution in [2.24, 2.45) is 0 Å². The molecule has 0 unspecified atom stereocenters. The van der Waals surface area contributed by atoms with Gasteiger partial charge < -0.3 is 10.1 Å². The summed E-state index contributed by atoms with van der Waals surface area (Å²) in [4.78, 5) is 11.8. The second-order valence-electron chi connectivity index (χ2n) is 6.69. The summed E-state index contributed by atoms with van der Waals surface area (Å²) in [6.07, 6.45) is 6.75. The molecule has 2 heterocycles. The van der Waals surface area contributed by atoms with Gasteiger partial charge in [-0.15, -0.1) is 0 Å². The fourth-order valence-corrected chi connectivity index (χ4v) is 4.14. The maximum atomic E-state index is 5.46. The number of halogens is 1. The highest BCUT2D eigenvalue weighted by Gasteiger charge is 2.27. The van der Waals surface area contributed by atoms with Crippen LogP contribution in [0, 0.1) is 0 Å². The number of anilines is 1. The number of benzene rings is 1. The fourth-order valence-electron chi connectivity index (χ4n) is 3.79. The Kier molecular flexibility index (Phi) is 4.96. The van der Waals surface area contributed by atoms with Crippen molar-refractivity contribution >= 4 is 32.8 Å². The van der Waals surface area contributed by atoms with Crippen LogP contribution in [0.4, 0.5) is 5.82 Å². The van der Waals surface area contributed by atoms with E-state index < -0.39 is 0 Å². The van der Waals surface area contributed by atoms with Crippen LogP contribution in [0.2, 0.25) is 0 Å². The van der Waals surface area contributed by atoms with Gasteiger partial charge in [-0.25, -0.2) is 4.98 Å². The molecule has 0 atom stereocenters. The topological polar surface area (TPSA) is 50.3 Å². The highest BCUT2D eigenvalue weighted by atomic mass is 79.9. The second kappa shape index (κ2) is 7.33. The first-order chi connectivity index (χ1) is 11.8. The number of hydrogen-bond acceptors (Lipinski definition) is 5. The van der Waals surface area contributed by atoms with Gasteiger partial charge in [-0.3, -0.25) is 9.88 Å². The van der Waals surface area contributed by atoms with Crippen molar-refractivity contribution in [2.45, 2.75) is 37.8 Å². The first-order valence-corrected chi connectivity index (χ1v) is 9.58. The van der Waals surface area contributed by atoms with Crippen LogP contribution in [0.25, 0.3) is 11.0 Å². The van der Waals surface area contributed by atoms with E-state index in [1.165, 1.54) is 25.7 Å². The van der Waals surface area contributed by atoms with Crippen LogP contribution in [0.1, 0.15) is 25.7 Å². The Morgan fingerprint density at radius 2 is 1.88 bits per heavy atom. The lowest BCUT2D eigenvalue weighted by Gasteiger charge is -2.39. The Balaban J connectivity index is 1.36. The summed E-state index contributed by atoms with van der Waals surface area (Å²) in [6, 6.07) is 7.23. The zero-order valence-electron chi connectivity index (χ0n) is 13.7. The van der Waals surface area contributed by atoms with Crippen LogP contribution >= 0.6 is 15.9 Å². The van der Waals surface area contributed by atoms with Gasteiger partial charge in [-0.05, 0) is 43.9 Å². The van der Waals surface area contributed by atoms with Crippen LogP contribution in [-0.4, -0.2) is 53.3 Å². The van der Waals surface area contributed by atoms with Gasteiger partial charge in [-0.1, -0.05) is 15.9 Å². The first-order valence-electron chi connectivity index (χ1n) is 8.78. The molecule has 2 aliphatic rings. The Hall–Kier alpha value is -1.24. The van der Waals surface area contributed by atoms with Crippen LogP contribution in [-0.2, 0) is 4.74 Å². The summed E-state index contributed by atoms with van der Waals surface area (Å²) in [5, 5.41) is 3.58. The number of ether oxygens (including phenoxy) is 1. The van der Waals surface area contributed by atoms with Gasteiger partial charge in [0.15, 0.2) is 0 Å². The molecule has 5 nitrogen and oxygen atoms in total. The Morgan fingerprint density at radius 3 is 2.67 bits per heavy atom. The Labute approximate surface area is 150 Å². The molecule has 1 N–H and O–H groups in total. The Bertz CT molecular complexity index is 696. The SMILES string of the molecule is Brc1ccc2ncc(NC3CCC(N4CCOCC4)CC3)nc2c1. The summed E-state index contributed by atoms with van der Waals surface area (Å²) in [5.74, 6) is 0.885. The molecule has 0 radical (unpaired) electrons. The van der Waals surface area contributed by atoms with E-state index in [1.54, 1.807) is 0 Å². The molecule has 0 bridgehead atoms. The van der Waals surface area contributed by atoms with Crippen LogP contribution in [0.5, 0.6) is 0 Å². The number of nitrogens with zero attached hydrogens (tertiary/aromatic N) is 3. The molecule has 1 aliphatic heterocycles. The maximum absolute atomic E-state index is 5.46. The normalized spacial score (nSPS) is 25.7. The molecule has 24 heavy (non-hydrogen) atoms. The van der Waals surface area contributed by atoms with Crippen molar-refractivity contribution in [2.75, 3.05) is 31.6 Å². The van der Waals surface area contributed by atoms with Crippen molar-refractivity contribution in [3.8, 4) is 0 Å². The molecular weight excluding hydrogens is 368 g/mol. The van der Waals surface area contributed by atoms with E-state index in [1.807, 2.05) is 24.4 Å². The third-order valence-electron chi connectivity index (χ3n) is 5.12. The van der Waals surface area contributed by atoms with E-state index in [4.69, 9.17) is 9.72 Å². The zero-order valence-corrected chi connectivity index (χ0v) is 15.3. The largest absolute Gasteiger partial charge is 0.379 e. The van der Waals surface area contributed by atoms with Crippen molar-refractivity contribution in [3.05, 3.63) is 28.9 Å². The van der Waals surface area contributed by atoms with Gasteiger partial charge in [0.1, 0.15) is 5.82 Å². The number of fused-ring (bicyclic) bond motifs is 1. The molecular formula is C18H23BrN4O. The van der Waals surface area contributed by atoms with Crippen LogP contribution < -0.4 is 5.32 Å². The Morgan fingerprint density at radius 1 is 1.08 bits per heavy atom. The maximum Gasteiger partial charge on any atom is 0.145 e. The molecule has 0 spiro atoms. The van der Waals surface area contributed by atoms with Crippen molar-refractivity contribution in [3.63, 3.8) is 0 Å². The molecule has 1 aromatic carbocycles. The molecule has 2 aromatic rings. The lowest BCUT2D eigenvalue weighted by Crippen LogP contribution is -2.46. The lowest BCUT2D eigenvalue weighted by molar-refractivity contribution is 0.00790. The van der Waals surface area contributed by atoms with Crippen molar-refractivity contribution < 1.29 is 4.74 Å². The van der Waals surface area contributed by atoms with Gasteiger partial charge in [0.2, 0.25) is 0 Å². The molecule has 6 heteroatoms. The van der Waals surface area contributed by atoms with E-state index in [9.17, 15) is 0 Å². The van der Waals surface area contributed by atoms with Crippen molar-refractivity contribution in [1.82, 2.24) is 14.9 Å². The number of hydrogen-bond donors (Lipinski definition) is 1. The fraction of sp³-hybridized carbons (Fsp3) is 0.556. The predicted octanol–water partition coefficient (Wildman–Crippen LogP) is 3.45. The molecule has 1 aromatic heterocycles. The van der Waals surface area contributed by atoms with Gasteiger partial charge in [-0.2, -0.15) is 0 Å².